The first-order chi connectivity index (χ1) is 8.67. The molecule has 3 nitrogen and oxygen atoms in total. The molecule has 0 radical (unpaired) electrons. The summed E-state index contributed by atoms with van der Waals surface area (Å²) in [5, 5.41) is 8.59. The van der Waals surface area contributed by atoms with Crippen LogP contribution in [0.3, 0.4) is 0 Å². The first-order valence-electron chi connectivity index (χ1n) is 5.55. The number of carboxylic acids is 1. The fourth-order valence-corrected chi connectivity index (χ4v) is 1.97. The Hall–Kier alpha value is -1.19. The van der Waals surface area contributed by atoms with Crippen molar-refractivity contribution in [2.24, 2.45) is 0 Å². The zero-order chi connectivity index (χ0) is 13.4. The van der Waals surface area contributed by atoms with Crippen molar-refractivity contribution in [1.82, 2.24) is 0 Å². The van der Waals surface area contributed by atoms with Crippen LogP contribution in [-0.4, -0.2) is 35.9 Å². The average Bonchev–Trinajstić information content (AvgIpc) is 2.36. The number of hydrogen-bond donors (Lipinski definition) is 1. The molecule has 1 aromatic carbocycles. The molecule has 0 aliphatic carbocycles. The van der Waals surface area contributed by atoms with E-state index in [1.807, 2.05) is 24.3 Å². The Morgan fingerprint density at radius 2 is 1.94 bits per heavy atom. The van der Waals surface area contributed by atoms with Gasteiger partial charge >= 0.3 is 5.97 Å². The summed E-state index contributed by atoms with van der Waals surface area (Å²) in [5.74, 6) is 0.0804. The lowest BCUT2D eigenvalue weighted by Crippen LogP contribution is -2.27. The Bertz CT molecular complexity index is 415. The van der Waals surface area contributed by atoms with E-state index in [0.29, 0.717) is 24.8 Å². The van der Waals surface area contributed by atoms with Gasteiger partial charge in [-0.3, -0.25) is 0 Å². The number of rotatable bonds is 7. The first kappa shape index (κ1) is 14.9. The molecule has 0 spiro atoms. The summed E-state index contributed by atoms with van der Waals surface area (Å²) in [4.78, 5) is 12.5. The van der Waals surface area contributed by atoms with Crippen LogP contribution in [0.25, 0.3) is 6.08 Å². The Morgan fingerprint density at radius 3 is 2.50 bits per heavy atom. The number of carboxylic acid groups (broad SMARTS) is 1. The Labute approximate surface area is 117 Å². The highest BCUT2D eigenvalue weighted by Crippen LogP contribution is 2.17. The van der Waals surface area contributed by atoms with Crippen LogP contribution in [0.5, 0.6) is 0 Å². The summed E-state index contributed by atoms with van der Waals surface area (Å²) in [5.41, 5.74) is 1.83. The number of hydrogen-bond acceptors (Lipinski definition) is 2. The van der Waals surface area contributed by atoms with Crippen molar-refractivity contribution in [3.63, 3.8) is 0 Å². The number of carbonyl (C=O) groups is 1. The first-order valence-corrected chi connectivity index (χ1v) is 6.62. The summed E-state index contributed by atoms with van der Waals surface area (Å²) in [6.45, 7) is 1.42. The highest BCUT2D eigenvalue weighted by atomic mass is 35.5. The summed E-state index contributed by atoms with van der Waals surface area (Å²) >= 11 is 11.5. The van der Waals surface area contributed by atoms with E-state index in [2.05, 4.69) is 4.90 Å². The molecule has 1 N–H and O–H groups in total. The molecule has 0 aromatic heterocycles. The molecule has 0 aliphatic heterocycles. The fourth-order valence-electron chi connectivity index (χ4n) is 1.57. The van der Waals surface area contributed by atoms with Crippen LogP contribution in [0, 0.1) is 0 Å². The van der Waals surface area contributed by atoms with Gasteiger partial charge < -0.3 is 10.0 Å². The second-order valence-corrected chi connectivity index (χ2v) is 4.39. The monoisotopic (exact) mass is 287 g/mol. The van der Waals surface area contributed by atoms with Gasteiger partial charge in [0.2, 0.25) is 0 Å². The summed E-state index contributed by atoms with van der Waals surface area (Å²) < 4.78 is 0. The highest BCUT2D eigenvalue weighted by molar-refractivity contribution is 6.18. The second kappa shape index (κ2) is 8.01. The van der Waals surface area contributed by atoms with Crippen molar-refractivity contribution in [2.75, 3.05) is 29.7 Å². The SMILES string of the molecule is O=C(O)/C=C/c1cccc(N(CCCl)CCCl)c1. The van der Waals surface area contributed by atoms with Crippen molar-refractivity contribution >= 4 is 40.9 Å². The van der Waals surface area contributed by atoms with Gasteiger partial charge in [0.25, 0.3) is 0 Å². The molecule has 1 aromatic rings. The lowest BCUT2D eigenvalue weighted by Gasteiger charge is -2.23. The zero-order valence-electron chi connectivity index (χ0n) is 9.85. The largest absolute Gasteiger partial charge is 0.478 e. The Morgan fingerprint density at radius 1 is 1.28 bits per heavy atom. The van der Waals surface area contributed by atoms with Gasteiger partial charge in [0.15, 0.2) is 0 Å². The molecule has 0 saturated heterocycles. The third-order valence-corrected chi connectivity index (χ3v) is 2.70. The van der Waals surface area contributed by atoms with E-state index in [1.165, 1.54) is 0 Å². The number of halogens is 2. The maximum atomic E-state index is 10.5. The van der Waals surface area contributed by atoms with Crippen molar-refractivity contribution < 1.29 is 9.90 Å². The van der Waals surface area contributed by atoms with Crippen LogP contribution in [0.15, 0.2) is 30.3 Å². The summed E-state index contributed by atoms with van der Waals surface area (Å²) in [6, 6.07) is 7.60. The summed E-state index contributed by atoms with van der Waals surface area (Å²) in [6.07, 6.45) is 2.68. The fraction of sp³-hybridized carbons (Fsp3) is 0.308. The third kappa shape index (κ3) is 4.98. The molecule has 0 atom stereocenters. The third-order valence-electron chi connectivity index (χ3n) is 2.36. The van der Waals surface area contributed by atoms with Crippen molar-refractivity contribution in [2.45, 2.75) is 0 Å². The smallest absolute Gasteiger partial charge is 0.328 e. The van der Waals surface area contributed by atoms with Crippen LogP contribution >= 0.6 is 23.2 Å². The predicted molar refractivity (Wildman–Crippen MR) is 76.8 cm³/mol. The number of nitrogens with zero attached hydrogens (tertiary/aromatic N) is 1. The lowest BCUT2D eigenvalue weighted by molar-refractivity contribution is -0.131. The molecule has 18 heavy (non-hydrogen) atoms. The molecule has 0 saturated carbocycles. The van der Waals surface area contributed by atoms with Crippen LogP contribution in [0.1, 0.15) is 5.56 Å². The molecule has 5 heteroatoms. The van der Waals surface area contributed by atoms with Gasteiger partial charge in [-0.2, -0.15) is 0 Å². The molecule has 0 bridgehead atoms. The molecular weight excluding hydrogens is 273 g/mol. The molecule has 0 heterocycles. The van der Waals surface area contributed by atoms with Gasteiger partial charge in [-0.15, -0.1) is 23.2 Å². The molecule has 1 rings (SSSR count). The van der Waals surface area contributed by atoms with E-state index in [9.17, 15) is 4.79 Å². The second-order valence-electron chi connectivity index (χ2n) is 3.63. The lowest BCUT2D eigenvalue weighted by atomic mass is 10.1. The van der Waals surface area contributed by atoms with Crippen LogP contribution in [0.4, 0.5) is 5.69 Å². The van der Waals surface area contributed by atoms with E-state index < -0.39 is 5.97 Å². The van der Waals surface area contributed by atoms with E-state index in [0.717, 1.165) is 17.3 Å². The van der Waals surface area contributed by atoms with Crippen LogP contribution in [-0.2, 0) is 4.79 Å². The molecule has 98 valence electrons. The van der Waals surface area contributed by atoms with Crippen LogP contribution in [0.2, 0.25) is 0 Å². The standard InChI is InChI=1S/C13H15Cl2NO2/c14-6-8-16(9-7-15)12-3-1-2-11(10-12)4-5-13(17)18/h1-5,10H,6-9H2,(H,17,18)/b5-4+. The minimum absolute atomic E-state index is 0.520. The summed E-state index contributed by atoms with van der Waals surface area (Å²) in [7, 11) is 0. The molecular formula is C13H15Cl2NO2. The van der Waals surface area contributed by atoms with Gasteiger partial charge in [-0.1, -0.05) is 12.1 Å². The predicted octanol–water partition coefficient (Wildman–Crippen LogP) is 3.07. The van der Waals surface area contributed by atoms with Crippen molar-refractivity contribution in [1.29, 1.82) is 0 Å². The van der Waals surface area contributed by atoms with E-state index in [1.54, 1.807) is 6.08 Å². The number of benzene rings is 1. The average molecular weight is 288 g/mol. The minimum Gasteiger partial charge on any atom is -0.478 e. The molecule has 0 unspecified atom stereocenters. The molecule has 0 aliphatic rings. The maximum Gasteiger partial charge on any atom is 0.328 e. The minimum atomic E-state index is -0.959. The van der Waals surface area contributed by atoms with Gasteiger partial charge in [-0.05, 0) is 23.8 Å². The van der Waals surface area contributed by atoms with Gasteiger partial charge in [0, 0.05) is 36.6 Å². The zero-order valence-corrected chi connectivity index (χ0v) is 11.4. The van der Waals surface area contributed by atoms with Crippen molar-refractivity contribution in [3.8, 4) is 0 Å². The Kier molecular flexibility index (Phi) is 6.61. The van der Waals surface area contributed by atoms with E-state index >= 15 is 0 Å². The van der Waals surface area contributed by atoms with Crippen molar-refractivity contribution in [3.05, 3.63) is 35.9 Å². The quantitative estimate of drug-likeness (QED) is 0.619. The number of alkyl halides is 2. The topological polar surface area (TPSA) is 40.5 Å². The maximum absolute atomic E-state index is 10.5. The number of anilines is 1. The van der Waals surface area contributed by atoms with Gasteiger partial charge in [-0.25, -0.2) is 4.79 Å². The molecule has 0 fully saturated rings. The van der Waals surface area contributed by atoms with Crippen LogP contribution < -0.4 is 4.90 Å². The normalized spacial score (nSPS) is 10.8. The van der Waals surface area contributed by atoms with Gasteiger partial charge in [0.1, 0.15) is 0 Å². The molecule has 0 amide bonds. The van der Waals surface area contributed by atoms with E-state index in [-0.39, 0.29) is 0 Å². The number of aliphatic carboxylic acids is 1. The highest BCUT2D eigenvalue weighted by Gasteiger charge is 2.05. The Balaban J connectivity index is 2.87. The van der Waals surface area contributed by atoms with Gasteiger partial charge in [0.05, 0.1) is 0 Å². The van der Waals surface area contributed by atoms with E-state index in [4.69, 9.17) is 28.3 Å².